The van der Waals surface area contributed by atoms with Crippen molar-refractivity contribution in [2.75, 3.05) is 0 Å². The van der Waals surface area contributed by atoms with Crippen molar-refractivity contribution in [2.24, 2.45) is 163 Å². The van der Waals surface area contributed by atoms with Crippen LogP contribution in [-0.4, -0.2) is 214 Å². The van der Waals surface area contributed by atoms with Crippen molar-refractivity contribution in [3.8, 4) is 0 Å². The predicted octanol–water partition coefficient (Wildman–Crippen LogP) is -3.38. The van der Waals surface area contributed by atoms with E-state index in [4.69, 9.17) is 68.8 Å². The molecule has 0 aromatic carbocycles. The summed E-state index contributed by atoms with van der Waals surface area (Å²) in [5.74, 6) is -13.1. The number of carbonyl (C=O) groups is 20. The van der Waals surface area contributed by atoms with Gasteiger partial charge in [0, 0.05) is 0 Å². The first-order valence-electron chi connectivity index (χ1n) is 41.5. The molecule has 0 aromatic heterocycles. The zero-order valence-corrected chi connectivity index (χ0v) is 81.3. The number of carbonyl (C=O) groups excluding carboxylic acids is 20. The summed E-state index contributed by atoms with van der Waals surface area (Å²) in [7, 11) is 0. The quantitative estimate of drug-likeness (QED) is 0.0209. The second-order valence-electron chi connectivity index (χ2n) is 35.7. The summed E-state index contributed by atoms with van der Waals surface area (Å²) in [5.41, 5.74) is 66.9. The van der Waals surface area contributed by atoms with Gasteiger partial charge >= 0.3 is 19.5 Å². The van der Waals surface area contributed by atoms with Gasteiger partial charge in [-0.3, -0.25) is 76.7 Å². The number of hydrogen-bond acceptors (Lipinski definition) is 36. The minimum atomic E-state index is -1.58. The summed E-state index contributed by atoms with van der Waals surface area (Å²) in [5, 5.41) is 49.4. The normalized spacial score (nSPS) is 14.9. The number of carboxylic acid groups (broad SMARTS) is 4. The maximum atomic E-state index is 11.8. The van der Waals surface area contributed by atoms with Gasteiger partial charge in [-0.25, -0.2) is 0 Å². The van der Waals surface area contributed by atoms with E-state index >= 15 is 0 Å². The Balaban J connectivity index is -0.000000176. The van der Waals surface area contributed by atoms with Crippen molar-refractivity contribution in [2.45, 2.75) is 318 Å². The summed E-state index contributed by atoms with van der Waals surface area (Å²) in [4.78, 5) is 227. The second kappa shape index (κ2) is 66.4. The molecule has 0 heterocycles. The van der Waals surface area contributed by atoms with E-state index in [0.29, 0.717) is 0 Å². The number of hydrogen-bond donors (Lipinski definition) is 16. The number of ketones is 16. The van der Waals surface area contributed by atoms with Crippen LogP contribution in [-0.2, 0) is 96.2 Å². The van der Waals surface area contributed by atoms with E-state index in [9.17, 15) is 116 Å². The Morgan fingerprint density at radius 2 is 0.208 bits per heavy atom. The standard InChI is InChI=1S/4C11H20N2O4.4C10H20N2O2.Ru/c4*1-5(2)7(12)9(14)10(15)8(6(3)4)13-11(16)17;4*1-5(2)7(11)9(13)10(14)8(12)6(3)4;/h4*5-8,13H,12H2,1-4H3,(H,16,17);4*5-8H,11-12H2,1-4H3;/q;;;;;;;;+4/p-4/t8*7-,8-;/m00000000./s1. The van der Waals surface area contributed by atoms with Crippen molar-refractivity contribution in [3.05, 3.63) is 0 Å². The van der Waals surface area contributed by atoms with Crippen LogP contribution in [0, 0.1) is 94.7 Å². The average molecular weight is 1880 g/mol. The third-order valence-corrected chi connectivity index (χ3v) is 19.1. The van der Waals surface area contributed by atoms with Crippen molar-refractivity contribution in [1.29, 1.82) is 0 Å². The first-order chi connectivity index (χ1) is 55.9. The van der Waals surface area contributed by atoms with Crippen LogP contribution in [0.15, 0.2) is 0 Å². The number of rotatable bonds is 44. The fourth-order valence-corrected chi connectivity index (χ4v) is 8.86. The van der Waals surface area contributed by atoms with Gasteiger partial charge in [-0.15, -0.1) is 0 Å². The summed E-state index contributed by atoms with van der Waals surface area (Å²) in [6, 6.07) is -13.9. The summed E-state index contributed by atoms with van der Waals surface area (Å²) in [6.07, 6.45) is -6.32. The number of amides is 4. The minimum Gasteiger partial charge on any atom is -0.530 e. The molecule has 0 radical (unpaired) electrons. The molecule has 0 saturated heterocycles. The van der Waals surface area contributed by atoms with Crippen LogP contribution in [0.3, 0.4) is 0 Å². The summed E-state index contributed by atoms with van der Waals surface area (Å²) >= 11 is 0. The van der Waals surface area contributed by atoms with E-state index in [1.165, 1.54) is 0 Å². The Morgan fingerprint density at radius 3 is 0.256 bits per heavy atom. The van der Waals surface area contributed by atoms with E-state index in [1.54, 1.807) is 222 Å². The molecular weight excluding hydrogens is 1720 g/mol. The summed E-state index contributed by atoms with van der Waals surface area (Å²) in [6.45, 7) is 55.6. The molecule has 41 heteroatoms. The van der Waals surface area contributed by atoms with Gasteiger partial charge in [0.05, 0.1) is 96.7 Å². The fourth-order valence-electron chi connectivity index (χ4n) is 8.86. The largest absolute Gasteiger partial charge is 4.00 e. The Morgan fingerprint density at radius 1 is 0.144 bits per heavy atom. The maximum Gasteiger partial charge on any atom is 4.00 e. The molecule has 4 amide bonds. The van der Waals surface area contributed by atoms with Crippen LogP contribution in [0.2, 0.25) is 0 Å². The molecule has 16 atom stereocenters. The fraction of sp³-hybridized carbons (Fsp3) is 0.762. The Bertz CT molecular complexity index is 2940. The number of Topliss-reactive ketones (excluding diaryl/α,β-unsaturated/α-hetero) is 16. The van der Waals surface area contributed by atoms with Crippen LogP contribution in [0.5, 0.6) is 0 Å². The molecule has 28 N–H and O–H groups in total. The van der Waals surface area contributed by atoms with Crippen molar-refractivity contribution >= 4 is 117 Å². The van der Waals surface area contributed by atoms with Gasteiger partial charge in [-0.05, 0) is 94.7 Å². The summed E-state index contributed by atoms with van der Waals surface area (Å²) < 4.78 is 0. The second-order valence-corrected chi connectivity index (χ2v) is 35.7. The molecule has 125 heavy (non-hydrogen) atoms. The van der Waals surface area contributed by atoms with Gasteiger partial charge in [0.15, 0.2) is 0 Å². The first-order valence-corrected chi connectivity index (χ1v) is 41.5. The van der Waals surface area contributed by atoms with Gasteiger partial charge in [-0.2, -0.15) is 0 Å². The molecule has 724 valence electrons. The van der Waals surface area contributed by atoms with Gasteiger partial charge in [0.1, 0.15) is 24.4 Å². The monoisotopic (exact) mass is 1880 g/mol. The third kappa shape index (κ3) is 53.4. The van der Waals surface area contributed by atoms with Crippen LogP contribution in [0.1, 0.15) is 222 Å². The molecule has 0 unspecified atom stereocenters. The van der Waals surface area contributed by atoms with Crippen molar-refractivity contribution in [3.63, 3.8) is 0 Å². The SMILES string of the molecule is CC(C)[C@H](N)C(=O)C(=O)[C@@H](N)C(C)C.CC(C)[C@H](N)C(=O)C(=O)[C@@H](N)C(C)C.CC(C)[C@H](N)C(=O)C(=O)[C@@H](N)C(C)C.CC(C)[C@H](N)C(=O)C(=O)[C@@H](N)C(C)C.CC(C)[C@H](N)C(=O)C(=O)[C@@H](NC(=O)[O-])C(C)C.CC(C)[C@H](N)C(=O)C(=O)[C@@H](NC(=O)[O-])C(C)C.CC(C)[C@H](N)C(=O)C(=O)[C@@H](NC(=O)[O-])C(C)C.CC(C)[C@H](N)C(=O)C(=O)[C@@H](NC(=O)[O-])C(C)C.[Ru+4]. The van der Waals surface area contributed by atoms with E-state index in [-0.39, 0.29) is 114 Å². The molecule has 0 bridgehead atoms. The molecular formula is C84H156N16O24Ru. The van der Waals surface area contributed by atoms with E-state index < -0.39 is 214 Å². The zero-order valence-electron chi connectivity index (χ0n) is 79.6. The van der Waals surface area contributed by atoms with Crippen LogP contribution in [0.4, 0.5) is 19.2 Å². The number of nitrogens with two attached hydrogens (primary N) is 12. The molecule has 0 aliphatic rings. The Labute approximate surface area is 752 Å². The van der Waals surface area contributed by atoms with E-state index in [1.807, 2.05) is 21.3 Å². The van der Waals surface area contributed by atoms with Gasteiger partial charge in [0.2, 0.25) is 92.5 Å². The molecule has 0 spiro atoms. The van der Waals surface area contributed by atoms with Crippen molar-refractivity contribution < 1.29 is 136 Å². The van der Waals surface area contributed by atoms with E-state index in [2.05, 4.69) is 0 Å². The molecule has 0 aromatic rings. The molecule has 0 aliphatic carbocycles. The van der Waals surface area contributed by atoms with Gasteiger partial charge < -0.3 is 130 Å². The topological polar surface area (TPSA) is 794 Å². The molecule has 40 nitrogen and oxygen atoms in total. The Hall–Kier alpha value is -8.06. The minimum absolute atomic E-state index is 0. The molecule has 0 rings (SSSR count). The predicted molar refractivity (Wildman–Crippen MR) is 463 cm³/mol. The van der Waals surface area contributed by atoms with Crippen LogP contribution in [0.25, 0.3) is 0 Å². The van der Waals surface area contributed by atoms with Crippen LogP contribution >= 0.6 is 0 Å². The molecule has 0 saturated carbocycles. The average Bonchev–Trinajstić information content (AvgIpc) is 0.851. The smallest absolute Gasteiger partial charge is 0.530 e. The van der Waals surface area contributed by atoms with Crippen molar-refractivity contribution in [1.82, 2.24) is 21.3 Å². The van der Waals surface area contributed by atoms with Crippen LogP contribution < -0.4 is 110 Å². The van der Waals surface area contributed by atoms with Gasteiger partial charge in [-0.1, -0.05) is 222 Å². The zero-order chi connectivity index (χ0) is 101. The first kappa shape index (κ1) is 135. The molecule has 0 fully saturated rings. The third-order valence-electron chi connectivity index (χ3n) is 19.1. The van der Waals surface area contributed by atoms with E-state index in [0.717, 1.165) is 0 Å². The Kier molecular flexibility index (Phi) is 71.6. The molecule has 0 aliphatic heterocycles. The maximum absolute atomic E-state index is 11.8. The number of nitrogens with one attached hydrogen (secondary N) is 4. The van der Waals surface area contributed by atoms with Gasteiger partial charge in [0.25, 0.3) is 0 Å².